The number of benzene rings is 2. The van der Waals surface area contributed by atoms with Crippen LogP contribution in [-0.2, 0) is 12.8 Å². The van der Waals surface area contributed by atoms with Gasteiger partial charge in [-0.15, -0.1) is 0 Å². The van der Waals surface area contributed by atoms with Crippen molar-refractivity contribution in [3.8, 4) is 11.1 Å². The Bertz CT molecular complexity index is 981. The molecule has 1 N–H and O–H groups in total. The number of hydrogen-bond acceptors (Lipinski definition) is 3. The van der Waals surface area contributed by atoms with Crippen LogP contribution in [0.2, 0.25) is 0 Å². The van der Waals surface area contributed by atoms with Crippen LogP contribution in [-0.4, -0.2) is 36.4 Å². The molecule has 0 saturated carbocycles. The zero-order valence-corrected chi connectivity index (χ0v) is 17.1. The zero-order chi connectivity index (χ0) is 20.2. The van der Waals surface area contributed by atoms with Crippen molar-refractivity contribution in [1.82, 2.24) is 9.88 Å². The highest BCUT2D eigenvalue weighted by Crippen LogP contribution is 2.28. The quantitative estimate of drug-likeness (QED) is 0.694. The van der Waals surface area contributed by atoms with E-state index < -0.39 is 0 Å². The smallest absolute Gasteiger partial charge is 0.255 e. The first kappa shape index (κ1) is 19.3. The van der Waals surface area contributed by atoms with E-state index in [0.717, 1.165) is 42.1 Å². The number of carbonyl (C=O) groups excluding carboxylic acids is 1. The average Bonchev–Trinajstić information content (AvgIpc) is 2.74. The maximum absolute atomic E-state index is 12.7. The predicted octanol–water partition coefficient (Wildman–Crippen LogP) is 4.67. The van der Waals surface area contributed by atoms with Gasteiger partial charge in [0.15, 0.2) is 0 Å². The van der Waals surface area contributed by atoms with E-state index in [-0.39, 0.29) is 5.91 Å². The standard InChI is InChI=1S/C25H27N3O/c1-28(2)17-18-5-6-22-15-24(12-11-21(22)14-18)27-25(29)20-9-7-19(8-10-20)23-4-3-13-26-16-23/h3-4,7-13,15-16,18H,5-6,14,17H2,1-2H3,(H,27,29). The third-order valence-electron chi connectivity index (χ3n) is 5.56. The van der Waals surface area contributed by atoms with E-state index in [1.165, 1.54) is 17.5 Å². The van der Waals surface area contributed by atoms with Crippen LogP contribution >= 0.6 is 0 Å². The molecule has 2 aromatic carbocycles. The Balaban J connectivity index is 1.43. The molecule has 0 saturated heterocycles. The summed E-state index contributed by atoms with van der Waals surface area (Å²) in [5.41, 5.74) is 6.40. The van der Waals surface area contributed by atoms with Gasteiger partial charge in [-0.3, -0.25) is 9.78 Å². The van der Waals surface area contributed by atoms with Gasteiger partial charge in [0.05, 0.1) is 0 Å². The zero-order valence-electron chi connectivity index (χ0n) is 17.1. The molecule has 0 fully saturated rings. The van der Waals surface area contributed by atoms with E-state index in [4.69, 9.17) is 0 Å². The number of nitrogens with zero attached hydrogens (tertiary/aromatic N) is 2. The Labute approximate surface area is 172 Å². The lowest BCUT2D eigenvalue weighted by Crippen LogP contribution is -2.26. The molecule has 1 aliphatic carbocycles. The Morgan fingerprint density at radius 3 is 2.62 bits per heavy atom. The van der Waals surface area contributed by atoms with Gasteiger partial charge in [-0.05, 0) is 91.9 Å². The lowest BCUT2D eigenvalue weighted by molar-refractivity contribution is 0.102. The number of anilines is 1. The molecule has 0 bridgehead atoms. The summed E-state index contributed by atoms with van der Waals surface area (Å²) < 4.78 is 0. The third-order valence-corrected chi connectivity index (χ3v) is 5.56. The minimum Gasteiger partial charge on any atom is -0.322 e. The van der Waals surface area contributed by atoms with Crippen LogP contribution in [0.4, 0.5) is 5.69 Å². The number of fused-ring (bicyclic) bond motifs is 1. The summed E-state index contributed by atoms with van der Waals surface area (Å²) >= 11 is 0. The molecule has 1 atom stereocenters. The summed E-state index contributed by atoms with van der Waals surface area (Å²) in [5, 5.41) is 3.05. The molecular weight excluding hydrogens is 358 g/mol. The predicted molar refractivity (Wildman–Crippen MR) is 118 cm³/mol. The van der Waals surface area contributed by atoms with Gasteiger partial charge in [0.1, 0.15) is 0 Å². The molecule has 4 heteroatoms. The first-order valence-corrected chi connectivity index (χ1v) is 10.2. The molecule has 0 aliphatic heterocycles. The van der Waals surface area contributed by atoms with Gasteiger partial charge in [-0.25, -0.2) is 0 Å². The van der Waals surface area contributed by atoms with Crippen LogP contribution < -0.4 is 5.32 Å². The minimum absolute atomic E-state index is 0.0796. The van der Waals surface area contributed by atoms with Gasteiger partial charge in [-0.1, -0.05) is 24.3 Å². The maximum atomic E-state index is 12.7. The average molecular weight is 386 g/mol. The maximum Gasteiger partial charge on any atom is 0.255 e. The highest BCUT2D eigenvalue weighted by Gasteiger charge is 2.19. The molecule has 0 spiro atoms. The van der Waals surface area contributed by atoms with Crippen LogP contribution in [0.3, 0.4) is 0 Å². The summed E-state index contributed by atoms with van der Waals surface area (Å²) in [6.07, 6.45) is 6.99. The second-order valence-corrected chi connectivity index (χ2v) is 8.13. The van der Waals surface area contributed by atoms with Crippen LogP contribution in [0.5, 0.6) is 0 Å². The Morgan fingerprint density at radius 2 is 1.90 bits per heavy atom. The van der Waals surface area contributed by atoms with Crippen LogP contribution in [0, 0.1) is 5.92 Å². The number of carbonyl (C=O) groups is 1. The molecular formula is C25H27N3O. The first-order chi connectivity index (χ1) is 14.1. The van der Waals surface area contributed by atoms with E-state index in [1.54, 1.807) is 6.20 Å². The fraction of sp³-hybridized carbons (Fsp3) is 0.280. The van der Waals surface area contributed by atoms with Crippen molar-refractivity contribution in [2.24, 2.45) is 5.92 Å². The molecule has 4 rings (SSSR count). The van der Waals surface area contributed by atoms with Crippen molar-refractivity contribution < 1.29 is 4.79 Å². The molecule has 148 valence electrons. The van der Waals surface area contributed by atoms with E-state index in [1.807, 2.05) is 48.7 Å². The fourth-order valence-electron chi connectivity index (χ4n) is 4.13. The summed E-state index contributed by atoms with van der Waals surface area (Å²) in [4.78, 5) is 19.1. The molecule has 1 aliphatic rings. The van der Waals surface area contributed by atoms with Crippen LogP contribution in [0.25, 0.3) is 11.1 Å². The second kappa shape index (κ2) is 8.58. The highest BCUT2D eigenvalue weighted by atomic mass is 16.1. The lowest BCUT2D eigenvalue weighted by Gasteiger charge is -2.27. The highest BCUT2D eigenvalue weighted by molar-refractivity contribution is 6.04. The summed E-state index contributed by atoms with van der Waals surface area (Å²) in [6, 6.07) is 17.9. The van der Waals surface area contributed by atoms with Crippen molar-refractivity contribution in [3.05, 3.63) is 83.7 Å². The number of aromatic nitrogens is 1. The molecule has 4 nitrogen and oxygen atoms in total. The number of nitrogens with one attached hydrogen (secondary N) is 1. The van der Waals surface area contributed by atoms with Gasteiger partial charge in [0.25, 0.3) is 5.91 Å². The Morgan fingerprint density at radius 1 is 1.07 bits per heavy atom. The molecule has 3 aromatic rings. The van der Waals surface area contributed by atoms with Gasteiger partial charge < -0.3 is 10.2 Å². The topological polar surface area (TPSA) is 45.2 Å². The van der Waals surface area contributed by atoms with E-state index in [2.05, 4.69) is 41.4 Å². The molecule has 1 heterocycles. The van der Waals surface area contributed by atoms with E-state index >= 15 is 0 Å². The summed E-state index contributed by atoms with van der Waals surface area (Å²) in [6.45, 7) is 1.13. The number of pyridine rings is 1. The Hall–Kier alpha value is -2.98. The van der Waals surface area contributed by atoms with Gasteiger partial charge in [0, 0.05) is 30.2 Å². The molecule has 1 aromatic heterocycles. The Kier molecular flexibility index (Phi) is 5.72. The second-order valence-electron chi connectivity index (χ2n) is 8.13. The van der Waals surface area contributed by atoms with Crippen molar-refractivity contribution >= 4 is 11.6 Å². The number of rotatable bonds is 5. The molecule has 0 radical (unpaired) electrons. The van der Waals surface area contributed by atoms with Gasteiger partial charge in [-0.2, -0.15) is 0 Å². The van der Waals surface area contributed by atoms with Crippen LogP contribution in [0.15, 0.2) is 67.0 Å². The van der Waals surface area contributed by atoms with Crippen LogP contribution in [0.1, 0.15) is 27.9 Å². The summed E-state index contributed by atoms with van der Waals surface area (Å²) in [5.74, 6) is 0.639. The lowest BCUT2D eigenvalue weighted by atomic mass is 9.83. The SMILES string of the molecule is CN(C)CC1CCc2cc(NC(=O)c3ccc(-c4cccnc4)cc3)ccc2C1. The van der Waals surface area contributed by atoms with Crippen molar-refractivity contribution in [1.29, 1.82) is 0 Å². The summed E-state index contributed by atoms with van der Waals surface area (Å²) in [7, 11) is 4.27. The van der Waals surface area contributed by atoms with Crippen molar-refractivity contribution in [3.63, 3.8) is 0 Å². The third kappa shape index (κ3) is 4.72. The largest absolute Gasteiger partial charge is 0.322 e. The normalized spacial score (nSPS) is 15.8. The molecule has 1 amide bonds. The number of amides is 1. The first-order valence-electron chi connectivity index (χ1n) is 10.2. The monoisotopic (exact) mass is 385 g/mol. The molecule has 1 unspecified atom stereocenters. The van der Waals surface area contributed by atoms with Gasteiger partial charge in [0.2, 0.25) is 0 Å². The van der Waals surface area contributed by atoms with Crippen molar-refractivity contribution in [2.75, 3.05) is 26.0 Å². The minimum atomic E-state index is -0.0796. The molecule has 29 heavy (non-hydrogen) atoms. The fourth-order valence-corrected chi connectivity index (χ4v) is 4.13. The van der Waals surface area contributed by atoms with E-state index in [9.17, 15) is 4.79 Å². The van der Waals surface area contributed by atoms with E-state index in [0.29, 0.717) is 5.56 Å². The van der Waals surface area contributed by atoms with Crippen molar-refractivity contribution in [2.45, 2.75) is 19.3 Å². The number of hydrogen-bond donors (Lipinski definition) is 1. The number of aryl methyl sites for hydroxylation is 1. The van der Waals surface area contributed by atoms with Gasteiger partial charge >= 0.3 is 0 Å².